The zero-order valence-corrected chi connectivity index (χ0v) is 10.5. The van der Waals surface area contributed by atoms with Crippen LogP contribution in [0.2, 0.25) is 0 Å². The number of aliphatic hydroxyl groups is 1. The third-order valence-electron chi connectivity index (χ3n) is 2.60. The number of quaternary nitrogens is 1. The maximum atomic E-state index is 9.51. The molecule has 0 unspecified atom stereocenters. The van der Waals surface area contributed by atoms with Crippen molar-refractivity contribution in [2.24, 2.45) is 5.41 Å². The smallest absolute Gasteiger partial charge is 0.162 e. The highest BCUT2D eigenvalue weighted by molar-refractivity contribution is 4.82. The van der Waals surface area contributed by atoms with Gasteiger partial charge in [0.15, 0.2) is 5.79 Å². The fraction of sp³-hybridized carbons (Fsp3) is 1.00. The first kappa shape index (κ1) is 12.9. The van der Waals surface area contributed by atoms with E-state index in [-0.39, 0.29) is 12.0 Å². The molecular weight excluding hydrogens is 194 g/mol. The van der Waals surface area contributed by atoms with Gasteiger partial charge in [0.05, 0.1) is 52.9 Å². The lowest BCUT2D eigenvalue weighted by molar-refractivity contribution is -0.878. The molecule has 1 rings (SSSR count). The van der Waals surface area contributed by atoms with E-state index in [1.54, 1.807) is 0 Å². The summed E-state index contributed by atoms with van der Waals surface area (Å²) < 4.78 is 12.1. The highest BCUT2D eigenvalue weighted by atomic mass is 16.7. The van der Waals surface area contributed by atoms with E-state index in [0.717, 1.165) is 11.0 Å². The molecule has 0 saturated carbocycles. The molecule has 0 aromatic heterocycles. The molecule has 1 N–H and O–H groups in total. The highest BCUT2D eigenvalue weighted by Crippen LogP contribution is 2.30. The molecule has 1 heterocycles. The Hall–Kier alpha value is -0.160. The molecule has 4 heteroatoms. The van der Waals surface area contributed by atoms with Crippen LogP contribution in [0.15, 0.2) is 0 Å². The molecule has 0 aromatic carbocycles. The summed E-state index contributed by atoms with van der Waals surface area (Å²) in [6, 6.07) is 0. The number of aliphatic hydroxyl groups excluding tert-OH is 1. The normalized spacial score (nSPS) is 25.2. The SMILES string of the molecule is CC1(C)OCC(CO)(C[N+](C)(C)C)CO1. The van der Waals surface area contributed by atoms with Gasteiger partial charge in [-0.1, -0.05) is 0 Å². The van der Waals surface area contributed by atoms with Crippen LogP contribution in [0.3, 0.4) is 0 Å². The van der Waals surface area contributed by atoms with Crippen molar-refractivity contribution in [3.05, 3.63) is 0 Å². The van der Waals surface area contributed by atoms with E-state index < -0.39 is 5.79 Å². The lowest BCUT2D eigenvalue weighted by Gasteiger charge is -2.44. The molecule has 90 valence electrons. The molecular formula is C11H24NO3+. The number of ether oxygens (including phenoxy) is 2. The van der Waals surface area contributed by atoms with Crippen LogP contribution in [0.5, 0.6) is 0 Å². The van der Waals surface area contributed by atoms with Crippen LogP contribution < -0.4 is 0 Å². The minimum atomic E-state index is -0.510. The second-order valence-corrected chi connectivity index (χ2v) is 6.08. The Morgan fingerprint density at radius 1 is 1.13 bits per heavy atom. The molecule has 1 aliphatic rings. The van der Waals surface area contributed by atoms with Gasteiger partial charge in [-0.2, -0.15) is 0 Å². The van der Waals surface area contributed by atoms with Crippen molar-refractivity contribution in [1.82, 2.24) is 0 Å². The van der Waals surface area contributed by atoms with Crippen molar-refractivity contribution in [2.75, 3.05) is 47.5 Å². The lowest BCUT2D eigenvalue weighted by atomic mass is 9.88. The van der Waals surface area contributed by atoms with E-state index in [1.807, 2.05) is 13.8 Å². The summed E-state index contributed by atoms with van der Waals surface area (Å²) in [7, 11) is 6.32. The summed E-state index contributed by atoms with van der Waals surface area (Å²) in [5.74, 6) is -0.510. The Morgan fingerprint density at radius 2 is 1.60 bits per heavy atom. The molecule has 4 nitrogen and oxygen atoms in total. The Kier molecular flexibility index (Phi) is 3.45. The van der Waals surface area contributed by atoms with Crippen LogP contribution in [0.1, 0.15) is 13.8 Å². The maximum Gasteiger partial charge on any atom is 0.162 e. The van der Waals surface area contributed by atoms with E-state index >= 15 is 0 Å². The zero-order valence-electron chi connectivity index (χ0n) is 10.5. The summed E-state index contributed by atoms with van der Waals surface area (Å²) in [5.41, 5.74) is -0.256. The summed E-state index contributed by atoms with van der Waals surface area (Å²) >= 11 is 0. The molecule has 0 aromatic rings. The van der Waals surface area contributed by atoms with Gasteiger partial charge in [-0.3, -0.25) is 0 Å². The summed E-state index contributed by atoms with van der Waals surface area (Å²) in [5, 5.41) is 9.51. The molecule has 1 fully saturated rings. The Morgan fingerprint density at radius 3 is 1.93 bits per heavy atom. The predicted octanol–water partition coefficient (Wildman–Crippen LogP) is 0.454. The van der Waals surface area contributed by atoms with Crippen molar-refractivity contribution in [3.8, 4) is 0 Å². The molecule has 0 bridgehead atoms. The average molecular weight is 218 g/mol. The summed E-state index contributed by atoms with van der Waals surface area (Å²) in [6.07, 6.45) is 0. The summed E-state index contributed by atoms with van der Waals surface area (Å²) in [6.45, 7) is 5.89. The van der Waals surface area contributed by atoms with Crippen LogP contribution in [0.4, 0.5) is 0 Å². The fourth-order valence-corrected chi connectivity index (χ4v) is 1.98. The van der Waals surface area contributed by atoms with Gasteiger partial charge in [0.1, 0.15) is 0 Å². The summed E-state index contributed by atoms with van der Waals surface area (Å²) in [4.78, 5) is 0. The topological polar surface area (TPSA) is 38.7 Å². The van der Waals surface area contributed by atoms with Crippen LogP contribution >= 0.6 is 0 Å². The van der Waals surface area contributed by atoms with Crippen molar-refractivity contribution in [1.29, 1.82) is 0 Å². The van der Waals surface area contributed by atoms with Gasteiger partial charge in [0, 0.05) is 0 Å². The van der Waals surface area contributed by atoms with E-state index in [2.05, 4.69) is 21.1 Å². The van der Waals surface area contributed by atoms with Crippen LogP contribution in [-0.2, 0) is 9.47 Å². The number of hydrogen-bond donors (Lipinski definition) is 1. The van der Waals surface area contributed by atoms with Gasteiger partial charge in [0.2, 0.25) is 0 Å². The van der Waals surface area contributed by atoms with Gasteiger partial charge in [0.25, 0.3) is 0 Å². The molecule has 1 saturated heterocycles. The van der Waals surface area contributed by atoms with Crippen molar-refractivity contribution in [2.45, 2.75) is 19.6 Å². The number of rotatable bonds is 3. The first-order chi connectivity index (χ1) is 6.68. The Labute approximate surface area is 92.4 Å². The second kappa shape index (κ2) is 4.01. The molecule has 0 atom stereocenters. The van der Waals surface area contributed by atoms with E-state index in [0.29, 0.717) is 13.2 Å². The molecule has 15 heavy (non-hydrogen) atoms. The quantitative estimate of drug-likeness (QED) is 0.699. The standard InChI is InChI=1S/C11H24NO3/c1-10(2)14-8-11(7-13,9-15-10)6-12(3,4)5/h13H,6-9H2,1-5H3/q+1. The first-order valence-corrected chi connectivity index (χ1v) is 5.37. The average Bonchev–Trinajstić information content (AvgIpc) is 2.07. The fourth-order valence-electron chi connectivity index (χ4n) is 1.98. The maximum absolute atomic E-state index is 9.51. The van der Waals surface area contributed by atoms with Gasteiger partial charge in [-0.05, 0) is 13.8 Å². The van der Waals surface area contributed by atoms with E-state index in [9.17, 15) is 5.11 Å². The highest BCUT2D eigenvalue weighted by Gasteiger charge is 2.43. The molecule has 0 amide bonds. The molecule has 0 aliphatic carbocycles. The second-order valence-electron chi connectivity index (χ2n) is 6.08. The van der Waals surface area contributed by atoms with Gasteiger partial charge >= 0.3 is 0 Å². The number of hydrogen-bond acceptors (Lipinski definition) is 3. The van der Waals surface area contributed by atoms with Crippen molar-refractivity contribution < 1.29 is 19.1 Å². The van der Waals surface area contributed by atoms with E-state index in [1.165, 1.54) is 0 Å². The Balaban J connectivity index is 2.64. The Bertz CT molecular complexity index is 210. The molecule has 0 spiro atoms. The molecule has 1 aliphatic heterocycles. The zero-order chi connectivity index (χ0) is 11.7. The van der Waals surface area contributed by atoms with Crippen molar-refractivity contribution in [3.63, 3.8) is 0 Å². The van der Waals surface area contributed by atoms with Crippen LogP contribution in [-0.4, -0.2) is 62.9 Å². The first-order valence-electron chi connectivity index (χ1n) is 5.37. The third-order valence-corrected chi connectivity index (χ3v) is 2.60. The van der Waals surface area contributed by atoms with Gasteiger partial charge < -0.3 is 19.1 Å². The lowest BCUT2D eigenvalue weighted by Crippen LogP contribution is -2.56. The minimum absolute atomic E-state index is 0.110. The van der Waals surface area contributed by atoms with Gasteiger partial charge in [-0.25, -0.2) is 0 Å². The predicted molar refractivity (Wildman–Crippen MR) is 58.4 cm³/mol. The largest absolute Gasteiger partial charge is 0.395 e. The third kappa shape index (κ3) is 3.72. The van der Waals surface area contributed by atoms with Gasteiger partial charge in [-0.15, -0.1) is 0 Å². The minimum Gasteiger partial charge on any atom is -0.395 e. The molecule has 0 radical (unpaired) electrons. The number of nitrogens with zero attached hydrogens (tertiary/aromatic N) is 1. The van der Waals surface area contributed by atoms with Crippen LogP contribution in [0, 0.1) is 5.41 Å². The van der Waals surface area contributed by atoms with E-state index in [4.69, 9.17) is 9.47 Å². The van der Waals surface area contributed by atoms with Crippen molar-refractivity contribution >= 4 is 0 Å². The van der Waals surface area contributed by atoms with Crippen LogP contribution in [0.25, 0.3) is 0 Å². The monoisotopic (exact) mass is 218 g/mol.